The fraction of sp³-hybridized carbons (Fsp3) is 0.562. The van der Waals surface area contributed by atoms with Crippen molar-refractivity contribution >= 4 is 29.3 Å². The molecule has 1 amide bonds. The van der Waals surface area contributed by atoms with Gasteiger partial charge in [-0.05, 0) is 51.0 Å². The lowest BCUT2D eigenvalue weighted by atomic mass is 9.94. The molecule has 0 aliphatic rings. The molecule has 118 valence electrons. The molecule has 1 atom stereocenters. The van der Waals surface area contributed by atoms with Gasteiger partial charge in [-0.1, -0.05) is 29.8 Å². The summed E-state index contributed by atoms with van der Waals surface area (Å²) in [6, 6.07) is 8.13. The highest BCUT2D eigenvalue weighted by atomic mass is 35.5. The first kappa shape index (κ1) is 18.3. The third-order valence-corrected chi connectivity index (χ3v) is 4.79. The number of carbonyl (C=O) groups excluding carboxylic acids is 1. The minimum Gasteiger partial charge on any atom is -0.368 e. The predicted octanol–water partition coefficient (Wildman–Crippen LogP) is 3.60. The zero-order valence-electron chi connectivity index (χ0n) is 13.0. The van der Waals surface area contributed by atoms with Crippen molar-refractivity contribution in [2.75, 3.05) is 5.75 Å². The maximum Gasteiger partial charge on any atom is 0.237 e. The van der Waals surface area contributed by atoms with Crippen molar-refractivity contribution in [1.29, 1.82) is 0 Å². The van der Waals surface area contributed by atoms with E-state index in [-0.39, 0.29) is 11.9 Å². The molecule has 1 unspecified atom stereocenters. The SMILES string of the molecule is CC(C)NC(C)(CCCSCc1ccccc1Cl)C(N)=O. The van der Waals surface area contributed by atoms with Crippen LogP contribution in [0.1, 0.15) is 39.2 Å². The molecular weight excluding hydrogens is 304 g/mol. The molecule has 5 heteroatoms. The quantitative estimate of drug-likeness (QED) is 0.681. The summed E-state index contributed by atoms with van der Waals surface area (Å²) in [5.41, 5.74) is 6.05. The molecule has 0 aliphatic heterocycles. The number of primary amides is 1. The van der Waals surface area contributed by atoms with Gasteiger partial charge in [0.1, 0.15) is 0 Å². The van der Waals surface area contributed by atoms with Gasteiger partial charge in [-0.3, -0.25) is 4.79 Å². The molecule has 1 aromatic rings. The van der Waals surface area contributed by atoms with Gasteiger partial charge in [0, 0.05) is 16.8 Å². The molecule has 0 fully saturated rings. The highest BCUT2D eigenvalue weighted by Crippen LogP contribution is 2.22. The van der Waals surface area contributed by atoms with Gasteiger partial charge in [0.05, 0.1) is 5.54 Å². The van der Waals surface area contributed by atoms with E-state index < -0.39 is 5.54 Å². The molecule has 1 rings (SSSR count). The Morgan fingerprint density at radius 2 is 2.10 bits per heavy atom. The van der Waals surface area contributed by atoms with Gasteiger partial charge in [0.2, 0.25) is 5.91 Å². The molecule has 3 nitrogen and oxygen atoms in total. The summed E-state index contributed by atoms with van der Waals surface area (Å²) >= 11 is 7.95. The van der Waals surface area contributed by atoms with Gasteiger partial charge in [-0.25, -0.2) is 0 Å². The number of nitrogens with two attached hydrogens (primary N) is 1. The summed E-state index contributed by atoms with van der Waals surface area (Å²) in [6.07, 6.45) is 1.68. The smallest absolute Gasteiger partial charge is 0.237 e. The standard InChI is InChI=1S/C16H25ClN2OS/c1-12(2)19-16(3,15(18)20)9-6-10-21-11-13-7-4-5-8-14(13)17/h4-5,7-8,12,19H,6,9-11H2,1-3H3,(H2,18,20). The second-order valence-corrected chi connectivity index (χ2v) is 7.26. The van der Waals surface area contributed by atoms with Crippen LogP contribution in [0.15, 0.2) is 24.3 Å². The molecule has 0 spiro atoms. The molecule has 21 heavy (non-hydrogen) atoms. The zero-order valence-corrected chi connectivity index (χ0v) is 14.6. The number of hydrogen-bond acceptors (Lipinski definition) is 3. The van der Waals surface area contributed by atoms with Gasteiger partial charge in [0.25, 0.3) is 0 Å². The Morgan fingerprint density at radius 1 is 1.43 bits per heavy atom. The van der Waals surface area contributed by atoms with Gasteiger partial charge < -0.3 is 11.1 Å². The predicted molar refractivity (Wildman–Crippen MR) is 92.7 cm³/mol. The minimum absolute atomic E-state index is 0.235. The van der Waals surface area contributed by atoms with E-state index in [1.807, 2.05) is 56.8 Å². The lowest BCUT2D eigenvalue weighted by Crippen LogP contribution is -2.55. The minimum atomic E-state index is -0.626. The van der Waals surface area contributed by atoms with Crippen LogP contribution in [0.5, 0.6) is 0 Å². The third kappa shape index (κ3) is 6.29. The van der Waals surface area contributed by atoms with E-state index in [1.165, 1.54) is 0 Å². The summed E-state index contributed by atoms with van der Waals surface area (Å²) in [5, 5.41) is 4.08. The first-order valence-electron chi connectivity index (χ1n) is 7.24. The molecule has 0 heterocycles. The Kier molecular flexibility index (Phi) is 7.57. The van der Waals surface area contributed by atoms with Crippen molar-refractivity contribution in [2.45, 2.75) is 50.9 Å². The Hall–Kier alpha value is -0.710. The maximum absolute atomic E-state index is 11.6. The molecule has 0 radical (unpaired) electrons. The van der Waals surface area contributed by atoms with E-state index in [0.29, 0.717) is 0 Å². The van der Waals surface area contributed by atoms with Gasteiger partial charge >= 0.3 is 0 Å². The summed E-state index contributed by atoms with van der Waals surface area (Å²) in [6.45, 7) is 5.93. The average molecular weight is 329 g/mol. The van der Waals surface area contributed by atoms with Crippen LogP contribution < -0.4 is 11.1 Å². The van der Waals surface area contributed by atoms with E-state index in [0.717, 1.165) is 34.9 Å². The van der Waals surface area contributed by atoms with E-state index in [1.54, 1.807) is 0 Å². The van der Waals surface area contributed by atoms with E-state index in [2.05, 4.69) is 5.32 Å². The molecule has 1 aromatic carbocycles. The zero-order chi connectivity index (χ0) is 15.9. The van der Waals surface area contributed by atoms with Crippen molar-refractivity contribution < 1.29 is 4.79 Å². The van der Waals surface area contributed by atoms with Crippen molar-refractivity contribution in [3.8, 4) is 0 Å². The highest BCUT2D eigenvalue weighted by molar-refractivity contribution is 7.98. The highest BCUT2D eigenvalue weighted by Gasteiger charge is 2.30. The number of nitrogens with one attached hydrogen (secondary N) is 1. The fourth-order valence-corrected chi connectivity index (χ4v) is 3.48. The largest absolute Gasteiger partial charge is 0.368 e. The summed E-state index contributed by atoms with van der Waals surface area (Å²) in [5.74, 6) is 1.59. The van der Waals surface area contributed by atoms with Crippen LogP contribution in [0.3, 0.4) is 0 Å². The van der Waals surface area contributed by atoms with E-state index >= 15 is 0 Å². The van der Waals surface area contributed by atoms with Crippen molar-refractivity contribution in [2.24, 2.45) is 5.73 Å². The van der Waals surface area contributed by atoms with Gasteiger partial charge in [-0.2, -0.15) is 11.8 Å². The number of halogens is 1. The van der Waals surface area contributed by atoms with Crippen LogP contribution in [0.25, 0.3) is 0 Å². The van der Waals surface area contributed by atoms with Crippen molar-refractivity contribution in [3.63, 3.8) is 0 Å². The van der Waals surface area contributed by atoms with Crippen LogP contribution in [-0.4, -0.2) is 23.2 Å². The second-order valence-electron chi connectivity index (χ2n) is 5.74. The van der Waals surface area contributed by atoms with Gasteiger partial charge in [0.15, 0.2) is 0 Å². The molecule has 0 saturated carbocycles. The Labute approximate surface area is 137 Å². The Balaban J connectivity index is 2.35. The lowest BCUT2D eigenvalue weighted by molar-refractivity contribution is -0.124. The molecular formula is C16H25ClN2OS. The number of benzene rings is 1. The van der Waals surface area contributed by atoms with Crippen LogP contribution in [-0.2, 0) is 10.5 Å². The fourth-order valence-electron chi connectivity index (χ4n) is 2.23. The number of carbonyl (C=O) groups is 1. The molecule has 0 aromatic heterocycles. The number of thioether (sulfide) groups is 1. The summed E-state index contributed by atoms with van der Waals surface area (Å²) in [7, 11) is 0. The van der Waals surface area contributed by atoms with Gasteiger partial charge in [-0.15, -0.1) is 0 Å². The maximum atomic E-state index is 11.6. The molecule has 0 aliphatic carbocycles. The topological polar surface area (TPSA) is 55.1 Å². The van der Waals surface area contributed by atoms with Crippen molar-refractivity contribution in [3.05, 3.63) is 34.9 Å². The van der Waals surface area contributed by atoms with Crippen LogP contribution >= 0.6 is 23.4 Å². The van der Waals surface area contributed by atoms with E-state index in [4.69, 9.17) is 17.3 Å². The number of hydrogen-bond donors (Lipinski definition) is 2. The van der Waals surface area contributed by atoms with Crippen LogP contribution in [0.2, 0.25) is 5.02 Å². The number of rotatable bonds is 9. The molecule has 0 saturated heterocycles. The second kappa shape index (κ2) is 8.66. The normalized spacial score (nSPS) is 14.1. The monoisotopic (exact) mass is 328 g/mol. The summed E-state index contributed by atoms with van der Waals surface area (Å²) in [4.78, 5) is 11.6. The Bertz CT molecular complexity index is 467. The average Bonchev–Trinajstić information content (AvgIpc) is 2.39. The van der Waals surface area contributed by atoms with Crippen molar-refractivity contribution in [1.82, 2.24) is 5.32 Å². The summed E-state index contributed by atoms with van der Waals surface area (Å²) < 4.78 is 0. The van der Waals surface area contributed by atoms with E-state index in [9.17, 15) is 4.79 Å². The van der Waals surface area contributed by atoms with Crippen LogP contribution in [0.4, 0.5) is 0 Å². The third-order valence-electron chi connectivity index (χ3n) is 3.33. The number of amides is 1. The molecule has 0 bridgehead atoms. The van der Waals surface area contributed by atoms with Crippen LogP contribution in [0, 0.1) is 0 Å². The molecule has 3 N–H and O–H groups in total. The lowest BCUT2D eigenvalue weighted by Gasteiger charge is -2.29. The first-order valence-corrected chi connectivity index (χ1v) is 8.77. The Morgan fingerprint density at radius 3 is 2.67 bits per heavy atom. The first-order chi connectivity index (χ1) is 9.85.